The molecule has 1 saturated heterocycles. The molecule has 2 heterocycles. The minimum atomic E-state index is 0.568. The van der Waals surface area contributed by atoms with Crippen molar-refractivity contribution >= 4 is 0 Å². The smallest absolute Gasteiger partial charge is 0.247 e. The summed E-state index contributed by atoms with van der Waals surface area (Å²) < 4.78 is 5.80. The number of hydrogen-bond donors (Lipinski definition) is 1. The second-order valence-electron chi connectivity index (χ2n) is 5.73. The minimum Gasteiger partial charge on any atom is -0.419 e. The monoisotopic (exact) mass is 286 g/mol. The Morgan fingerprint density at radius 1 is 1.29 bits per heavy atom. The van der Waals surface area contributed by atoms with Crippen molar-refractivity contribution in [2.75, 3.05) is 20.1 Å². The lowest BCUT2D eigenvalue weighted by atomic mass is 10.1. The van der Waals surface area contributed by atoms with Crippen LogP contribution in [0.15, 0.2) is 28.7 Å². The summed E-state index contributed by atoms with van der Waals surface area (Å²) in [4.78, 5) is 2.37. The van der Waals surface area contributed by atoms with E-state index in [1.54, 1.807) is 0 Å². The molecule has 1 atom stereocenters. The fourth-order valence-electron chi connectivity index (χ4n) is 2.76. The van der Waals surface area contributed by atoms with E-state index in [1.165, 1.54) is 18.4 Å². The van der Waals surface area contributed by atoms with Gasteiger partial charge in [-0.1, -0.05) is 17.7 Å². The summed E-state index contributed by atoms with van der Waals surface area (Å²) in [6, 6.07) is 8.72. The minimum absolute atomic E-state index is 0.568. The molecule has 112 valence electrons. The number of nitrogens with one attached hydrogen (secondary N) is 1. The van der Waals surface area contributed by atoms with Crippen LogP contribution in [0.5, 0.6) is 0 Å². The fraction of sp³-hybridized carbons (Fsp3) is 0.500. The normalized spacial score (nSPS) is 19.8. The van der Waals surface area contributed by atoms with Crippen LogP contribution in [-0.4, -0.2) is 41.3 Å². The first-order valence-corrected chi connectivity index (χ1v) is 7.53. The number of piperidine rings is 1. The maximum Gasteiger partial charge on any atom is 0.247 e. The Kier molecular flexibility index (Phi) is 4.31. The van der Waals surface area contributed by atoms with Crippen LogP contribution < -0.4 is 5.32 Å². The Bertz CT molecular complexity index is 578. The highest BCUT2D eigenvalue weighted by Gasteiger charge is 2.20. The summed E-state index contributed by atoms with van der Waals surface area (Å²) in [7, 11) is 2.02. The Hall–Kier alpha value is -1.72. The molecule has 0 aliphatic carbocycles. The van der Waals surface area contributed by atoms with Gasteiger partial charge in [-0.25, -0.2) is 0 Å². The molecule has 2 aromatic rings. The van der Waals surface area contributed by atoms with Gasteiger partial charge in [-0.05, 0) is 45.5 Å². The lowest BCUT2D eigenvalue weighted by Gasteiger charge is -2.31. The van der Waals surface area contributed by atoms with E-state index in [2.05, 4.69) is 39.5 Å². The number of aryl methyl sites for hydroxylation is 1. The predicted molar refractivity (Wildman–Crippen MR) is 81.8 cm³/mol. The average molecular weight is 286 g/mol. The van der Waals surface area contributed by atoms with Crippen molar-refractivity contribution in [2.45, 2.75) is 32.4 Å². The quantitative estimate of drug-likeness (QED) is 0.934. The zero-order valence-electron chi connectivity index (χ0n) is 12.7. The molecule has 0 spiro atoms. The van der Waals surface area contributed by atoms with Gasteiger partial charge in [0.1, 0.15) is 0 Å². The summed E-state index contributed by atoms with van der Waals surface area (Å²) in [5, 5.41) is 11.7. The van der Waals surface area contributed by atoms with E-state index < -0.39 is 0 Å². The Morgan fingerprint density at radius 2 is 2.10 bits per heavy atom. The van der Waals surface area contributed by atoms with Crippen molar-refractivity contribution in [1.29, 1.82) is 0 Å². The molecule has 1 aliphatic rings. The first kappa shape index (κ1) is 14.2. The van der Waals surface area contributed by atoms with Gasteiger partial charge in [-0.3, -0.25) is 4.90 Å². The zero-order chi connectivity index (χ0) is 14.7. The Balaban J connectivity index is 1.66. The molecule has 3 rings (SSSR count). The third-order valence-electron chi connectivity index (χ3n) is 4.04. The molecular formula is C16H22N4O. The topological polar surface area (TPSA) is 54.2 Å². The summed E-state index contributed by atoms with van der Waals surface area (Å²) >= 11 is 0. The van der Waals surface area contributed by atoms with Crippen LogP contribution in [0.1, 0.15) is 24.3 Å². The highest BCUT2D eigenvalue weighted by Crippen LogP contribution is 2.19. The lowest BCUT2D eigenvalue weighted by Crippen LogP contribution is -2.43. The van der Waals surface area contributed by atoms with Gasteiger partial charge in [0.05, 0.1) is 6.54 Å². The largest absolute Gasteiger partial charge is 0.419 e. The maximum absolute atomic E-state index is 5.80. The third kappa shape index (κ3) is 3.49. The van der Waals surface area contributed by atoms with Gasteiger partial charge in [-0.2, -0.15) is 0 Å². The van der Waals surface area contributed by atoms with Crippen LogP contribution in [0.3, 0.4) is 0 Å². The number of benzene rings is 1. The summed E-state index contributed by atoms with van der Waals surface area (Å²) in [5.74, 6) is 1.30. The molecule has 1 aromatic carbocycles. The molecule has 5 heteroatoms. The molecule has 1 fully saturated rings. The van der Waals surface area contributed by atoms with Gasteiger partial charge >= 0.3 is 0 Å². The van der Waals surface area contributed by atoms with Crippen molar-refractivity contribution in [3.63, 3.8) is 0 Å². The van der Waals surface area contributed by atoms with Crippen LogP contribution in [0.25, 0.3) is 11.5 Å². The van der Waals surface area contributed by atoms with Crippen molar-refractivity contribution in [3.05, 3.63) is 35.7 Å². The molecule has 0 saturated carbocycles. The average Bonchev–Trinajstić information content (AvgIpc) is 2.96. The predicted octanol–water partition coefficient (Wildman–Crippen LogP) is 2.23. The number of nitrogens with zero attached hydrogens (tertiary/aromatic N) is 3. The van der Waals surface area contributed by atoms with E-state index in [4.69, 9.17) is 4.42 Å². The highest BCUT2D eigenvalue weighted by atomic mass is 16.4. The number of likely N-dealkylation sites (N-methyl/N-ethyl adjacent to an activating group) is 1. The summed E-state index contributed by atoms with van der Waals surface area (Å²) in [6.07, 6.45) is 2.45. The molecule has 5 nitrogen and oxygen atoms in total. The Labute approximate surface area is 125 Å². The van der Waals surface area contributed by atoms with Crippen LogP contribution in [0.4, 0.5) is 0 Å². The van der Waals surface area contributed by atoms with Crippen LogP contribution in [0, 0.1) is 6.92 Å². The number of hydrogen-bond acceptors (Lipinski definition) is 5. The van der Waals surface area contributed by atoms with E-state index in [0.717, 1.165) is 25.2 Å². The first-order chi connectivity index (χ1) is 10.2. The first-order valence-electron chi connectivity index (χ1n) is 7.53. The van der Waals surface area contributed by atoms with E-state index in [9.17, 15) is 0 Å². The van der Waals surface area contributed by atoms with Gasteiger partial charge < -0.3 is 9.73 Å². The molecule has 0 bridgehead atoms. The van der Waals surface area contributed by atoms with Gasteiger partial charge in [-0.15, -0.1) is 10.2 Å². The summed E-state index contributed by atoms with van der Waals surface area (Å²) in [5.41, 5.74) is 2.20. The van der Waals surface area contributed by atoms with E-state index in [-0.39, 0.29) is 0 Å². The maximum atomic E-state index is 5.80. The lowest BCUT2D eigenvalue weighted by molar-refractivity contribution is 0.173. The molecule has 1 aliphatic heterocycles. The standard InChI is InChI=1S/C16H22N4O/c1-12-5-7-13(8-6-12)16-19-18-15(21-16)11-20-9-3-4-14(10-20)17-2/h5-8,14,17H,3-4,9-11H2,1-2H3. The number of rotatable bonds is 4. The third-order valence-corrected chi connectivity index (χ3v) is 4.04. The van der Waals surface area contributed by atoms with Gasteiger partial charge in [0.2, 0.25) is 11.8 Å². The molecule has 21 heavy (non-hydrogen) atoms. The van der Waals surface area contributed by atoms with E-state index >= 15 is 0 Å². The van der Waals surface area contributed by atoms with Gasteiger partial charge in [0, 0.05) is 18.2 Å². The summed E-state index contributed by atoms with van der Waals surface area (Å²) in [6.45, 7) is 4.94. The van der Waals surface area contributed by atoms with Crippen LogP contribution >= 0.6 is 0 Å². The highest BCUT2D eigenvalue weighted by molar-refractivity contribution is 5.52. The van der Waals surface area contributed by atoms with E-state index in [1.807, 2.05) is 19.2 Å². The van der Waals surface area contributed by atoms with Gasteiger partial charge in [0.25, 0.3) is 0 Å². The molecular weight excluding hydrogens is 264 g/mol. The van der Waals surface area contributed by atoms with E-state index in [0.29, 0.717) is 17.8 Å². The van der Waals surface area contributed by atoms with Crippen LogP contribution in [0.2, 0.25) is 0 Å². The molecule has 0 amide bonds. The number of likely N-dealkylation sites (tertiary alicyclic amines) is 1. The number of aromatic nitrogens is 2. The van der Waals surface area contributed by atoms with Crippen molar-refractivity contribution in [1.82, 2.24) is 20.4 Å². The Morgan fingerprint density at radius 3 is 2.86 bits per heavy atom. The van der Waals surface area contributed by atoms with Crippen LogP contribution in [-0.2, 0) is 6.54 Å². The molecule has 1 N–H and O–H groups in total. The van der Waals surface area contributed by atoms with Crippen molar-refractivity contribution in [2.24, 2.45) is 0 Å². The fourth-order valence-corrected chi connectivity index (χ4v) is 2.76. The molecule has 1 unspecified atom stereocenters. The van der Waals surface area contributed by atoms with Crippen molar-refractivity contribution in [3.8, 4) is 11.5 Å². The zero-order valence-corrected chi connectivity index (χ0v) is 12.7. The molecule has 1 aromatic heterocycles. The second kappa shape index (κ2) is 6.37. The molecule has 0 radical (unpaired) electrons. The second-order valence-corrected chi connectivity index (χ2v) is 5.73. The SMILES string of the molecule is CNC1CCCN(Cc2nnc(-c3ccc(C)cc3)o2)C1. The van der Waals surface area contributed by atoms with Crippen molar-refractivity contribution < 1.29 is 4.42 Å². The van der Waals surface area contributed by atoms with Gasteiger partial charge in [0.15, 0.2) is 0 Å².